The Kier molecular flexibility index (Phi) is 4.76. The van der Waals surface area contributed by atoms with Crippen LogP contribution in [0.15, 0.2) is 53.7 Å². The van der Waals surface area contributed by atoms with Gasteiger partial charge in [0.25, 0.3) is 11.5 Å². The fourth-order valence-electron chi connectivity index (χ4n) is 3.45. The SMILES string of the molecule is CC(c1ccc(Cl)cc1)c1cn(C)c(=O)c2[nH]c(C(=O)Nc3cnn(C)c3)cc12. The van der Waals surface area contributed by atoms with Gasteiger partial charge in [0.05, 0.1) is 11.9 Å². The van der Waals surface area contributed by atoms with Crippen LogP contribution in [0.25, 0.3) is 10.9 Å². The highest BCUT2D eigenvalue weighted by atomic mass is 35.5. The first-order valence-corrected chi connectivity index (χ1v) is 9.49. The Morgan fingerprint density at radius 2 is 1.93 bits per heavy atom. The summed E-state index contributed by atoms with van der Waals surface area (Å²) in [6, 6.07) is 9.34. The number of amides is 1. The molecule has 8 heteroatoms. The normalized spacial score (nSPS) is 12.3. The van der Waals surface area contributed by atoms with Gasteiger partial charge in [-0.2, -0.15) is 5.10 Å². The number of aryl methyl sites for hydroxylation is 2. The molecule has 148 valence electrons. The second-order valence-corrected chi connectivity index (χ2v) is 7.54. The highest BCUT2D eigenvalue weighted by Crippen LogP contribution is 2.30. The fourth-order valence-corrected chi connectivity index (χ4v) is 3.57. The van der Waals surface area contributed by atoms with Gasteiger partial charge in [-0.25, -0.2) is 0 Å². The van der Waals surface area contributed by atoms with Crippen molar-refractivity contribution in [2.45, 2.75) is 12.8 Å². The van der Waals surface area contributed by atoms with Gasteiger partial charge in [0.15, 0.2) is 0 Å². The third-order valence-electron chi connectivity index (χ3n) is 5.04. The Bertz CT molecular complexity index is 1270. The lowest BCUT2D eigenvalue weighted by molar-refractivity contribution is 0.102. The Morgan fingerprint density at radius 1 is 1.21 bits per heavy atom. The average Bonchev–Trinajstić information content (AvgIpc) is 3.31. The number of halogens is 1. The predicted octanol–water partition coefficient (Wildman–Crippen LogP) is 3.66. The molecule has 0 aliphatic heterocycles. The molecule has 0 saturated carbocycles. The van der Waals surface area contributed by atoms with Crippen LogP contribution >= 0.6 is 11.6 Å². The van der Waals surface area contributed by atoms with Gasteiger partial charge in [0, 0.05) is 42.8 Å². The molecule has 0 radical (unpaired) electrons. The molecular weight excluding hydrogens is 390 g/mol. The molecule has 0 aliphatic rings. The van der Waals surface area contributed by atoms with E-state index in [1.165, 1.54) is 4.57 Å². The second kappa shape index (κ2) is 7.25. The molecular formula is C21H20ClN5O2. The number of benzene rings is 1. The lowest BCUT2D eigenvalue weighted by Crippen LogP contribution is -2.18. The fraction of sp³-hybridized carbons (Fsp3) is 0.190. The monoisotopic (exact) mass is 409 g/mol. The summed E-state index contributed by atoms with van der Waals surface area (Å²) >= 11 is 6.01. The Morgan fingerprint density at radius 3 is 2.59 bits per heavy atom. The first kappa shape index (κ1) is 19.0. The summed E-state index contributed by atoms with van der Waals surface area (Å²) in [7, 11) is 3.48. The van der Waals surface area contributed by atoms with Crippen LogP contribution in [0.2, 0.25) is 5.02 Å². The summed E-state index contributed by atoms with van der Waals surface area (Å²) in [6.45, 7) is 2.06. The van der Waals surface area contributed by atoms with Crippen molar-refractivity contribution in [3.05, 3.63) is 81.1 Å². The largest absolute Gasteiger partial charge is 0.346 e. The van der Waals surface area contributed by atoms with Crippen molar-refractivity contribution in [1.82, 2.24) is 19.3 Å². The molecule has 1 amide bonds. The molecule has 0 saturated heterocycles. The highest BCUT2D eigenvalue weighted by molar-refractivity contribution is 6.30. The molecule has 0 bridgehead atoms. The summed E-state index contributed by atoms with van der Waals surface area (Å²) in [4.78, 5) is 28.3. The third kappa shape index (κ3) is 3.56. The van der Waals surface area contributed by atoms with Crippen LogP contribution in [0.1, 0.15) is 34.5 Å². The molecule has 0 fully saturated rings. The van der Waals surface area contributed by atoms with E-state index in [0.717, 1.165) is 16.5 Å². The predicted molar refractivity (Wildman–Crippen MR) is 114 cm³/mol. The minimum Gasteiger partial charge on any atom is -0.346 e. The number of rotatable bonds is 4. The number of aromatic amines is 1. The number of fused-ring (bicyclic) bond motifs is 1. The molecule has 7 nitrogen and oxygen atoms in total. The van der Waals surface area contributed by atoms with E-state index in [2.05, 4.69) is 22.3 Å². The molecule has 0 aliphatic carbocycles. The maximum Gasteiger partial charge on any atom is 0.274 e. The molecule has 0 spiro atoms. The van der Waals surface area contributed by atoms with Gasteiger partial charge in [-0.15, -0.1) is 0 Å². The van der Waals surface area contributed by atoms with Crippen molar-refractivity contribution in [2.24, 2.45) is 14.1 Å². The van der Waals surface area contributed by atoms with E-state index in [-0.39, 0.29) is 17.4 Å². The number of carbonyl (C=O) groups excluding carboxylic acids is 1. The molecule has 2 N–H and O–H groups in total. The standard InChI is InChI=1S/C21H20ClN5O2/c1-12(13-4-6-14(22)7-5-13)17-11-26(2)21(29)19-16(17)8-18(25-19)20(28)24-15-9-23-27(3)10-15/h4-12,25H,1-3H3,(H,24,28). The zero-order valence-electron chi connectivity index (χ0n) is 16.2. The van der Waals surface area contributed by atoms with Crippen LogP contribution in [0, 0.1) is 0 Å². The lowest BCUT2D eigenvalue weighted by Gasteiger charge is -2.15. The number of hydrogen-bond acceptors (Lipinski definition) is 3. The molecule has 1 atom stereocenters. The summed E-state index contributed by atoms with van der Waals surface area (Å²) < 4.78 is 3.13. The van der Waals surface area contributed by atoms with E-state index in [0.29, 0.717) is 21.9 Å². The molecule has 4 aromatic rings. The second-order valence-electron chi connectivity index (χ2n) is 7.10. The zero-order chi connectivity index (χ0) is 20.7. The maximum absolute atomic E-state index is 12.7. The molecule has 3 aromatic heterocycles. The third-order valence-corrected chi connectivity index (χ3v) is 5.29. The average molecular weight is 410 g/mol. The highest BCUT2D eigenvalue weighted by Gasteiger charge is 2.19. The number of H-pyrrole nitrogens is 1. The topological polar surface area (TPSA) is 84.7 Å². The van der Waals surface area contributed by atoms with Gasteiger partial charge < -0.3 is 14.9 Å². The van der Waals surface area contributed by atoms with Crippen LogP contribution in [0.4, 0.5) is 5.69 Å². The first-order chi connectivity index (χ1) is 13.8. The number of aromatic nitrogens is 4. The summed E-state index contributed by atoms with van der Waals surface area (Å²) in [6.07, 6.45) is 5.09. The Labute approximate surface area is 171 Å². The van der Waals surface area contributed by atoms with Crippen molar-refractivity contribution in [1.29, 1.82) is 0 Å². The number of nitrogens with one attached hydrogen (secondary N) is 2. The number of carbonyl (C=O) groups is 1. The van der Waals surface area contributed by atoms with Crippen molar-refractivity contribution < 1.29 is 4.79 Å². The van der Waals surface area contributed by atoms with Crippen molar-refractivity contribution in [3.63, 3.8) is 0 Å². The van der Waals surface area contributed by atoms with E-state index < -0.39 is 0 Å². The number of pyridine rings is 1. The molecule has 1 unspecified atom stereocenters. The molecule has 3 heterocycles. The summed E-state index contributed by atoms with van der Waals surface area (Å²) in [5, 5.41) is 8.22. The first-order valence-electron chi connectivity index (χ1n) is 9.11. The van der Waals surface area contributed by atoms with E-state index in [9.17, 15) is 9.59 Å². The minimum atomic E-state index is -0.332. The quantitative estimate of drug-likeness (QED) is 0.539. The van der Waals surface area contributed by atoms with Gasteiger partial charge in [-0.3, -0.25) is 14.3 Å². The van der Waals surface area contributed by atoms with Gasteiger partial charge in [0.1, 0.15) is 11.2 Å². The molecule has 4 rings (SSSR count). The van der Waals surface area contributed by atoms with E-state index >= 15 is 0 Å². The van der Waals surface area contributed by atoms with Crippen molar-refractivity contribution >= 4 is 34.1 Å². The van der Waals surface area contributed by atoms with Crippen LogP contribution in [0.3, 0.4) is 0 Å². The molecule has 29 heavy (non-hydrogen) atoms. The summed E-state index contributed by atoms with van der Waals surface area (Å²) in [5.41, 5.74) is 3.13. The van der Waals surface area contributed by atoms with Crippen molar-refractivity contribution in [2.75, 3.05) is 5.32 Å². The van der Waals surface area contributed by atoms with E-state index in [4.69, 9.17) is 11.6 Å². The van der Waals surface area contributed by atoms with Gasteiger partial charge >= 0.3 is 0 Å². The Balaban J connectivity index is 1.77. The number of hydrogen-bond donors (Lipinski definition) is 2. The smallest absolute Gasteiger partial charge is 0.274 e. The lowest BCUT2D eigenvalue weighted by atomic mass is 9.92. The van der Waals surface area contributed by atoms with Crippen LogP contribution in [0.5, 0.6) is 0 Å². The zero-order valence-corrected chi connectivity index (χ0v) is 17.0. The Hall–Kier alpha value is -3.32. The minimum absolute atomic E-state index is 0.00611. The van der Waals surface area contributed by atoms with Gasteiger partial charge in [0.2, 0.25) is 0 Å². The van der Waals surface area contributed by atoms with Crippen LogP contribution < -0.4 is 10.9 Å². The van der Waals surface area contributed by atoms with Gasteiger partial charge in [-0.05, 0) is 29.3 Å². The maximum atomic E-state index is 12.7. The summed E-state index contributed by atoms with van der Waals surface area (Å²) in [5.74, 6) is -0.326. The number of anilines is 1. The van der Waals surface area contributed by atoms with E-state index in [1.807, 2.05) is 30.5 Å². The molecule has 1 aromatic carbocycles. The van der Waals surface area contributed by atoms with E-state index in [1.54, 1.807) is 37.2 Å². The van der Waals surface area contributed by atoms with Crippen molar-refractivity contribution in [3.8, 4) is 0 Å². The van der Waals surface area contributed by atoms with Gasteiger partial charge in [-0.1, -0.05) is 30.7 Å². The van der Waals surface area contributed by atoms with Crippen LogP contribution in [-0.4, -0.2) is 25.2 Å². The van der Waals surface area contributed by atoms with Crippen LogP contribution in [-0.2, 0) is 14.1 Å². The number of nitrogens with zero attached hydrogens (tertiary/aromatic N) is 3.